The molecule has 2 aliphatic carbocycles. The number of hydrogen-bond donors (Lipinski definition) is 0. The zero-order valence-electron chi connectivity index (χ0n) is 49.6. The first-order chi connectivity index (χ1) is 37.7. The highest BCUT2D eigenvalue weighted by molar-refractivity contribution is 6.35. The van der Waals surface area contributed by atoms with Crippen molar-refractivity contribution < 1.29 is 8.83 Å². The molecule has 9 aromatic carbocycles. The molecule has 0 atom stereocenters. The van der Waals surface area contributed by atoms with Gasteiger partial charge in [0.15, 0.2) is 22.3 Å². The van der Waals surface area contributed by atoms with Crippen molar-refractivity contribution >= 4 is 77.0 Å². The Morgan fingerprint density at radius 1 is 0.338 bits per heavy atom. The van der Waals surface area contributed by atoms with E-state index < -0.39 is 0 Å². The molecule has 15 rings (SSSR count). The first kappa shape index (κ1) is 49.2. The largest absolute Gasteiger partial charge is 0.452 e. The summed E-state index contributed by atoms with van der Waals surface area (Å²) in [6.07, 6.45) is 0. The average molecular weight is 1050 g/mol. The van der Waals surface area contributed by atoms with Crippen LogP contribution in [0.2, 0.25) is 0 Å². The minimum absolute atomic E-state index is 0.0329. The van der Waals surface area contributed by atoms with Crippen LogP contribution >= 0.6 is 0 Å². The van der Waals surface area contributed by atoms with E-state index in [-0.39, 0.29) is 32.5 Å². The summed E-state index contributed by atoms with van der Waals surface area (Å²) in [4.78, 5) is 0. The maximum Gasteiger partial charge on any atom is 0.162 e. The molecule has 4 heteroatoms. The van der Waals surface area contributed by atoms with Gasteiger partial charge in [0.25, 0.3) is 0 Å². The molecule has 80 heavy (non-hydrogen) atoms. The van der Waals surface area contributed by atoms with Gasteiger partial charge in [-0.3, -0.25) is 0 Å². The molecule has 4 aromatic heterocycles. The Hall–Kier alpha value is -7.82. The van der Waals surface area contributed by atoms with Crippen LogP contribution in [0.3, 0.4) is 0 Å². The summed E-state index contributed by atoms with van der Waals surface area (Å²) >= 11 is 0. The first-order valence-electron chi connectivity index (χ1n) is 29.1. The van der Waals surface area contributed by atoms with Crippen molar-refractivity contribution in [2.75, 3.05) is 0 Å². The zero-order valence-corrected chi connectivity index (χ0v) is 49.6. The normalized spacial score (nSPS) is 15.2. The van der Waals surface area contributed by atoms with E-state index in [0.717, 1.165) is 77.0 Å². The highest BCUT2D eigenvalue weighted by Crippen LogP contribution is 2.58. The van der Waals surface area contributed by atoms with Crippen molar-refractivity contribution in [1.82, 2.24) is 8.80 Å². The maximum absolute atomic E-state index is 7.46. The summed E-state index contributed by atoms with van der Waals surface area (Å²) in [7, 11) is 0. The minimum atomic E-state index is -0.187. The van der Waals surface area contributed by atoms with Gasteiger partial charge in [0.05, 0.1) is 32.8 Å². The monoisotopic (exact) mass is 1040 g/mol. The van der Waals surface area contributed by atoms with E-state index in [1.54, 1.807) is 0 Å². The second kappa shape index (κ2) is 15.5. The van der Waals surface area contributed by atoms with Crippen molar-refractivity contribution in [3.8, 4) is 44.5 Å². The van der Waals surface area contributed by atoms with Crippen molar-refractivity contribution in [3.05, 3.63) is 190 Å². The number of fused-ring (bicyclic) bond motifs is 18. The summed E-state index contributed by atoms with van der Waals surface area (Å²) in [5.41, 5.74) is 30.5. The van der Waals surface area contributed by atoms with Crippen molar-refractivity contribution in [2.45, 2.75) is 143 Å². The lowest BCUT2D eigenvalue weighted by molar-refractivity contribution is 0.579. The van der Waals surface area contributed by atoms with E-state index in [9.17, 15) is 0 Å². The molecule has 2 aliphatic rings. The van der Waals surface area contributed by atoms with Gasteiger partial charge in [0.2, 0.25) is 0 Å². The fourth-order valence-electron chi connectivity index (χ4n) is 14.4. The molecule has 13 aromatic rings. The van der Waals surface area contributed by atoms with Gasteiger partial charge in [-0.05, 0) is 171 Å². The fourth-order valence-corrected chi connectivity index (χ4v) is 14.4. The average Bonchev–Trinajstić information content (AvgIpc) is 4.30. The van der Waals surface area contributed by atoms with Gasteiger partial charge in [-0.15, -0.1) is 0 Å². The van der Waals surface area contributed by atoms with E-state index in [4.69, 9.17) is 8.83 Å². The van der Waals surface area contributed by atoms with E-state index in [1.807, 2.05) is 0 Å². The molecule has 0 spiro atoms. The second-order valence-electron chi connectivity index (χ2n) is 29.0. The molecule has 0 amide bonds. The molecule has 4 heterocycles. The summed E-state index contributed by atoms with van der Waals surface area (Å²) in [6, 6.07) is 56.0. The third-order valence-electron chi connectivity index (χ3n) is 19.1. The fraction of sp³-hybridized carbons (Fsp3) is 0.289. The quantitative estimate of drug-likeness (QED) is 0.162. The molecular weight excluding hydrogens is 973 g/mol. The SMILES string of the molecule is CC(C)(C)c1ccc2c(c1)C(C)(C)c1cc(C(C)(C)C)cc(-c3ccc4c(c3)c3c5oc6ccccc6n6c7ccc(-c8cc(C(C)(C)C)cc9c8-c8ccc(C(C)(C)C)cc8C9(C)C)cc7c(c7oc8ccccc8n4c73)c56)c1-2. The lowest BCUT2D eigenvalue weighted by atomic mass is 9.76. The van der Waals surface area contributed by atoms with E-state index in [2.05, 4.69) is 265 Å². The van der Waals surface area contributed by atoms with E-state index in [0.29, 0.717) is 0 Å². The molecule has 4 nitrogen and oxygen atoms in total. The number of nitrogens with zero attached hydrogens (tertiary/aromatic N) is 2. The molecule has 0 fully saturated rings. The standard InChI is InChI=1S/C76H72N2O2/c1-71(2,3)43-27-29-47-53(37-43)75(13,14)55-39-45(73(7,8)9)35-49(63(47)55)41-25-31-57-51(33-41)65-67-70(80-61-23-19-17-21-59(61)77(57)67)66-52-34-42(26-32-58(52)78-60-22-18-20-24-62(60)79-69(65)68(66)78)50-36-46(74(10,11)12)40-56-64(50)48-30-28-44(72(4,5)6)38-54(48)76(56,15)16/h17-40H,1-16H3. The molecule has 0 saturated carbocycles. The predicted octanol–water partition coefficient (Wildman–Crippen LogP) is 21.4. The summed E-state index contributed by atoms with van der Waals surface area (Å²) in [6.45, 7) is 37.7. The van der Waals surface area contributed by atoms with Crippen LogP contribution in [0.25, 0.3) is 121 Å². The van der Waals surface area contributed by atoms with Crippen LogP contribution in [0.4, 0.5) is 0 Å². The molecule has 0 aliphatic heterocycles. The molecular formula is C76H72N2O2. The highest BCUT2D eigenvalue weighted by Gasteiger charge is 2.41. The van der Waals surface area contributed by atoms with Crippen molar-refractivity contribution in [2.24, 2.45) is 0 Å². The van der Waals surface area contributed by atoms with Gasteiger partial charge in [-0.1, -0.05) is 196 Å². The molecule has 0 saturated heterocycles. The topological polar surface area (TPSA) is 35.1 Å². The van der Waals surface area contributed by atoms with Gasteiger partial charge in [0, 0.05) is 21.6 Å². The van der Waals surface area contributed by atoms with Crippen LogP contribution in [0.5, 0.6) is 0 Å². The van der Waals surface area contributed by atoms with Crippen LogP contribution < -0.4 is 0 Å². The lowest BCUT2D eigenvalue weighted by Crippen LogP contribution is -2.19. The van der Waals surface area contributed by atoms with Gasteiger partial charge in [-0.2, -0.15) is 0 Å². The Morgan fingerprint density at radius 2 is 0.700 bits per heavy atom. The van der Waals surface area contributed by atoms with Gasteiger partial charge >= 0.3 is 0 Å². The number of benzene rings is 9. The van der Waals surface area contributed by atoms with Gasteiger partial charge < -0.3 is 17.6 Å². The third kappa shape index (κ3) is 6.57. The van der Waals surface area contributed by atoms with Crippen LogP contribution in [0.1, 0.15) is 155 Å². The minimum Gasteiger partial charge on any atom is -0.452 e. The maximum atomic E-state index is 7.46. The Kier molecular flexibility index (Phi) is 9.57. The first-order valence-corrected chi connectivity index (χ1v) is 29.1. The Labute approximate surface area is 470 Å². The lowest BCUT2D eigenvalue weighted by Gasteiger charge is -2.27. The molecule has 0 unspecified atom stereocenters. The smallest absolute Gasteiger partial charge is 0.162 e. The number of hydrogen-bond acceptors (Lipinski definition) is 2. The van der Waals surface area contributed by atoms with Crippen LogP contribution in [0, 0.1) is 0 Å². The molecule has 0 bridgehead atoms. The molecule has 0 N–H and O–H groups in total. The second-order valence-corrected chi connectivity index (χ2v) is 29.0. The zero-order chi connectivity index (χ0) is 55.9. The molecule has 398 valence electrons. The number of aromatic nitrogens is 2. The predicted molar refractivity (Wildman–Crippen MR) is 339 cm³/mol. The van der Waals surface area contributed by atoms with Crippen molar-refractivity contribution in [1.29, 1.82) is 0 Å². The highest BCUT2D eigenvalue weighted by atomic mass is 16.3. The summed E-state index contributed by atoms with van der Waals surface area (Å²) in [5, 5.41) is 4.38. The van der Waals surface area contributed by atoms with Gasteiger partial charge in [0.1, 0.15) is 11.0 Å². The van der Waals surface area contributed by atoms with Crippen LogP contribution in [-0.4, -0.2) is 8.80 Å². The third-order valence-corrected chi connectivity index (χ3v) is 19.1. The van der Waals surface area contributed by atoms with Crippen molar-refractivity contribution in [3.63, 3.8) is 0 Å². The van der Waals surface area contributed by atoms with Crippen LogP contribution in [0.15, 0.2) is 154 Å². The number of para-hydroxylation sites is 4. The van der Waals surface area contributed by atoms with Gasteiger partial charge in [-0.25, -0.2) is 0 Å². The van der Waals surface area contributed by atoms with E-state index in [1.165, 1.54) is 89.0 Å². The Morgan fingerprint density at radius 3 is 1.07 bits per heavy atom. The van der Waals surface area contributed by atoms with E-state index >= 15 is 0 Å². The molecule has 0 radical (unpaired) electrons. The Balaban J connectivity index is 1.07. The van der Waals surface area contributed by atoms with Crippen LogP contribution in [-0.2, 0) is 32.5 Å². The summed E-state index contributed by atoms with van der Waals surface area (Å²) < 4.78 is 19.8. The number of rotatable bonds is 2. The summed E-state index contributed by atoms with van der Waals surface area (Å²) in [5.74, 6) is 0. The Bertz CT molecular complexity index is 4600.